The van der Waals surface area contributed by atoms with E-state index in [1.54, 1.807) is 6.07 Å². The van der Waals surface area contributed by atoms with E-state index in [1.165, 1.54) is 19.1 Å². The van der Waals surface area contributed by atoms with Gasteiger partial charge in [0.2, 0.25) is 11.7 Å². The Kier molecular flexibility index (Phi) is 2.59. The van der Waals surface area contributed by atoms with Crippen LogP contribution in [0.2, 0.25) is 0 Å². The van der Waals surface area contributed by atoms with E-state index in [1.807, 2.05) is 0 Å². The van der Waals surface area contributed by atoms with Crippen molar-refractivity contribution in [1.29, 1.82) is 0 Å². The summed E-state index contributed by atoms with van der Waals surface area (Å²) in [7, 11) is 0. The molecule has 1 amide bonds. The minimum atomic E-state index is -0.544. The number of aromatic nitrogens is 4. The molecular formula is C9H8FN5O. The molecule has 2 aromatic rings. The highest BCUT2D eigenvalue weighted by atomic mass is 19.1. The molecule has 0 aliphatic rings. The molecule has 0 bridgehead atoms. The van der Waals surface area contributed by atoms with Crippen LogP contribution in [0, 0.1) is 5.82 Å². The van der Waals surface area contributed by atoms with Crippen molar-refractivity contribution in [2.24, 2.45) is 0 Å². The van der Waals surface area contributed by atoms with Crippen LogP contribution >= 0.6 is 0 Å². The van der Waals surface area contributed by atoms with Gasteiger partial charge in [-0.25, -0.2) is 4.39 Å². The molecule has 2 rings (SSSR count). The van der Waals surface area contributed by atoms with Gasteiger partial charge in [0, 0.05) is 12.5 Å². The first-order chi connectivity index (χ1) is 7.66. The maximum absolute atomic E-state index is 13.5. The molecule has 0 spiro atoms. The standard InChI is InChI=1S/C9H8FN5O/c1-5(16)11-8-3-2-6(4-7(8)10)9-12-14-15-13-9/h2-4H,1H3,(H,11,16)(H,12,13,14,15). The summed E-state index contributed by atoms with van der Waals surface area (Å²) in [6.07, 6.45) is 0. The molecule has 1 aromatic heterocycles. The molecule has 7 heteroatoms. The van der Waals surface area contributed by atoms with Gasteiger partial charge in [0.1, 0.15) is 5.82 Å². The van der Waals surface area contributed by atoms with Gasteiger partial charge in [-0.3, -0.25) is 4.79 Å². The van der Waals surface area contributed by atoms with E-state index < -0.39 is 5.82 Å². The summed E-state index contributed by atoms with van der Waals surface area (Å²) in [5, 5.41) is 15.4. The minimum Gasteiger partial charge on any atom is -0.324 e. The summed E-state index contributed by atoms with van der Waals surface area (Å²) in [4.78, 5) is 10.8. The van der Waals surface area contributed by atoms with E-state index in [9.17, 15) is 9.18 Å². The quantitative estimate of drug-likeness (QED) is 0.791. The van der Waals surface area contributed by atoms with Crippen LogP contribution in [-0.4, -0.2) is 26.5 Å². The molecule has 0 aliphatic carbocycles. The highest BCUT2D eigenvalue weighted by Gasteiger charge is 2.08. The third-order valence-electron chi connectivity index (χ3n) is 1.88. The Balaban J connectivity index is 2.33. The van der Waals surface area contributed by atoms with Crippen molar-refractivity contribution in [2.75, 3.05) is 5.32 Å². The number of hydrogen-bond donors (Lipinski definition) is 2. The molecule has 0 aliphatic heterocycles. The Bertz CT molecular complexity index is 511. The zero-order chi connectivity index (χ0) is 11.5. The lowest BCUT2D eigenvalue weighted by Gasteiger charge is -2.04. The van der Waals surface area contributed by atoms with Crippen LogP contribution in [0.1, 0.15) is 6.92 Å². The van der Waals surface area contributed by atoms with Gasteiger partial charge < -0.3 is 5.32 Å². The first-order valence-electron chi connectivity index (χ1n) is 4.48. The number of tetrazole rings is 1. The maximum Gasteiger partial charge on any atom is 0.221 e. The number of carbonyl (C=O) groups excluding carboxylic acids is 1. The Morgan fingerprint density at radius 3 is 2.88 bits per heavy atom. The third kappa shape index (κ3) is 2.02. The number of nitrogens with one attached hydrogen (secondary N) is 2. The van der Waals surface area contributed by atoms with Crippen molar-refractivity contribution >= 4 is 11.6 Å². The normalized spacial score (nSPS) is 10.1. The summed E-state index contributed by atoms with van der Waals surface area (Å²) in [6, 6.07) is 4.28. The first-order valence-corrected chi connectivity index (χ1v) is 4.48. The van der Waals surface area contributed by atoms with Gasteiger partial charge in [-0.2, -0.15) is 5.21 Å². The number of anilines is 1. The third-order valence-corrected chi connectivity index (χ3v) is 1.88. The summed E-state index contributed by atoms with van der Waals surface area (Å²) in [5.74, 6) is -0.572. The number of H-pyrrole nitrogens is 1. The summed E-state index contributed by atoms with van der Waals surface area (Å²) < 4.78 is 13.5. The zero-order valence-corrected chi connectivity index (χ0v) is 8.36. The highest BCUT2D eigenvalue weighted by molar-refractivity contribution is 5.89. The van der Waals surface area contributed by atoms with Crippen LogP contribution in [-0.2, 0) is 4.79 Å². The molecule has 16 heavy (non-hydrogen) atoms. The molecular weight excluding hydrogens is 213 g/mol. The second kappa shape index (κ2) is 4.05. The Labute approximate surface area is 89.9 Å². The summed E-state index contributed by atoms with van der Waals surface area (Å²) >= 11 is 0. The molecule has 1 aromatic carbocycles. The van der Waals surface area contributed by atoms with Crippen LogP contribution in [0.3, 0.4) is 0 Å². The molecule has 0 radical (unpaired) electrons. The van der Waals surface area contributed by atoms with E-state index in [0.29, 0.717) is 11.4 Å². The van der Waals surface area contributed by atoms with Crippen molar-refractivity contribution in [3.05, 3.63) is 24.0 Å². The Morgan fingerprint density at radius 2 is 2.31 bits per heavy atom. The van der Waals surface area contributed by atoms with Crippen LogP contribution in [0.25, 0.3) is 11.4 Å². The number of halogens is 1. The molecule has 0 saturated heterocycles. The van der Waals surface area contributed by atoms with Crippen LogP contribution in [0.15, 0.2) is 18.2 Å². The van der Waals surface area contributed by atoms with E-state index in [2.05, 4.69) is 25.9 Å². The average molecular weight is 221 g/mol. The fourth-order valence-corrected chi connectivity index (χ4v) is 1.23. The van der Waals surface area contributed by atoms with Crippen LogP contribution < -0.4 is 5.32 Å². The molecule has 2 N–H and O–H groups in total. The van der Waals surface area contributed by atoms with Gasteiger partial charge in [-0.15, -0.1) is 10.2 Å². The fraction of sp³-hybridized carbons (Fsp3) is 0.111. The van der Waals surface area contributed by atoms with Crippen molar-refractivity contribution in [1.82, 2.24) is 20.6 Å². The van der Waals surface area contributed by atoms with Gasteiger partial charge in [0.25, 0.3) is 0 Å². The van der Waals surface area contributed by atoms with E-state index in [-0.39, 0.29) is 11.6 Å². The predicted octanol–water partition coefficient (Wildman–Crippen LogP) is 0.964. The second-order valence-electron chi connectivity index (χ2n) is 3.11. The van der Waals surface area contributed by atoms with Crippen molar-refractivity contribution in [2.45, 2.75) is 6.92 Å². The van der Waals surface area contributed by atoms with Gasteiger partial charge in [-0.05, 0) is 23.4 Å². The molecule has 0 saturated carbocycles. The second-order valence-corrected chi connectivity index (χ2v) is 3.11. The number of nitrogens with zero attached hydrogens (tertiary/aromatic N) is 3. The largest absolute Gasteiger partial charge is 0.324 e. The molecule has 0 atom stereocenters. The van der Waals surface area contributed by atoms with Crippen LogP contribution in [0.5, 0.6) is 0 Å². The lowest BCUT2D eigenvalue weighted by atomic mass is 10.2. The minimum absolute atomic E-state index is 0.125. The van der Waals surface area contributed by atoms with E-state index >= 15 is 0 Å². The predicted molar refractivity (Wildman–Crippen MR) is 53.9 cm³/mol. The Hall–Kier alpha value is -2.31. The molecule has 6 nitrogen and oxygen atoms in total. The van der Waals surface area contributed by atoms with Gasteiger partial charge in [-0.1, -0.05) is 0 Å². The van der Waals surface area contributed by atoms with Crippen molar-refractivity contribution in [3.63, 3.8) is 0 Å². The number of benzene rings is 1. The smallest absolute Gasteiger partial charge is 0.221 e. The van der Waals surface area contributed by atoms with Gasteiger partial charge in [0.05, 0.1) is 5.69 Å². The number of aromatic amines is 1. The Morgan fingerprint density at radius 1 is 1.50 bits per heavy atom. The van der Waals surface area contributed by atoms with Gasteiger partial charge >= 0.3 is 0 Å². The fourth-order valence-electron chi connectivity index (χ4n) is 1.23. The summed E-state index contributed by atoms with van der Waals surface area (Å²) in [5.41, 5.74) is 0.611. The van der Waals surface area contributed by atoms with Crippen LogP contribution in [0.4, 0.5) is 10.1 Å². The number of carbonyl (C=O) groups is 1. The average Bonchev–Trinajstić information content (AvgIpc) is 2.73. The van der Waals surface area contributed by atoms with Crippen molar-refractivity contribution in [3.8, 4) is 11.4 Å². The van der Waals surface area contributed by atoms with Crippen molar-refractivity contribution < 1.29 is 9.18 Å². The summed E-state index contributed by atoms with van der Waals surface area (Å²) in [6.45, 7) is 1.31. The molecule has 0 unspecified atom stereocenters. The first kappa shape index (κ1) is 10.2. The molecule has 82 valence electrons. The zero-order valence-electron chi connectivity index (χ0n) is 8.36. The maximum atomic E-state index is 13.5. The SMILES string of the molecule is CC(=O)Nc1ccc(-c2nn[nH]n2)cc1F. The lowest BCUT2D eigenvalue weighted by molar-refractivity contribution is -0.114. The molecule has 1 heterocycles. The monoisotopic (exact) mass is 221 g/mol. The lowest BCUT2D eigenvalue weighted by Crippen LogP contribution is -2.07. The van der Waals surface area contributed by atoms with Gasteiger partial charge in [0.15, 0.2) is 0 Å². The van der Waals surface area contributed by atoms with E-state index in [0.717, 1.165) is 0 Å². The number of rotatable bonds is 2. The topological polar surface area (TPSA) is 83.6 Å². The number of hydrogen-bond acceptors (Lipinski definition) is 4. The molecule has 0 fully saturated rings. The number of amides is 1. The van der Waals surface area contributed by atoms with E-state index in [4.69, 9.17) is 0 Å². The highest BCUT2D eigenvalue weighted by Crippen LogP contribution is 2.20.